The number of carbonyl (C=O) groups is 8. The van der Waals surface area contributed by atoms with Crippen LogP contribution in [-0.2, 0) is 19.2 Å². The van der Waals surface area contributed by atoms with Gasteiger partial charge in [-0.2, -0.15) is 0 Å². The molecule has 0 bridgehead atoms. The van der Waals surface area contributed by atoms with Crippen LogP contribution < -0.4 is 32.7 Å². The van der Waals surface area contributed by atoms with Gasteiger partial charge in [0.2, 0.25) is 11.8 Å². The molecule has 18 nitrogen and oxygen atoms in total. The van der Waals surface area contributed by atoms with E-state index in [9.17, 15) is 38.4 Å². The van der Waals surface area contributed by atoms with Gasteiger partial charge in [0.25, 0.3) is 11.8 Å². The number of aliphatic carboxylic acids is 2. The summed E-state index contributed by atoms with van der Waals surface area (Å²) in [6.07, 6.45) is 0. The Morgan fingerprint density at radius 3 is 0.963 bits per heavy atom. The molecule has 12 N–H and O–H groups in total. The highest BCUT2D eigenvalue weighted by atomic mass is 16.4. The molecule has 0 spiro atoms. The Kier molecular flexibility index (Phi) is 18.7. The molecule has 0 aliphatic carbocycles. The standard InChI is InChI=1S/C11H12N2O4.C9H10N2O3.C9H9NO3.C7H7NO2/c1-7(14)13-9-4-2-8(3-5-9)11(17)12-6-10(15)16;10-7-3-1-6(2-4-7)9(14)11-5-8(12)13;1-6(11)10-8-4-2-7(3-5-8)9(12)13;8-6-3-1-5(2-4-6)7(9)10/h2-5H,6H2,1H3,(H,12,17)(H,13,14)(H,15,16);1-4H,5,10H2,(H,11,14)(H,12,13);2-5H,1H3,(H,10,11)(H,12,13);1-4H,8H2,(H,9,10)/i6-1;5-1;1-1;7-1. The Bertz CT molecular complexity index is 1910. The number of aromatic carboxylic acids is 2. The number of rotatable bonds is 10. The summed E-state index contributed by atoms with van der Waals surface area (Å²) in [5, 5.41) is 43.3. The average molecular weight is 743 g/mol. The van der Waals surface area contributed by atoms with Gasteiger partial charge in [-0.15, -0.1) is 0 Å². The first-order valence-electron chi connectivity index (χ1n) is 15.3. The summed E-state index contributed by atoms with van der Waals surface area (Å²) in [4.78, 5) is 85.1. The predicted molar refractivity (Wildman–Crippen MR) is 197 cm³/mol. The number of amides is 4. The maximum Gasteiger partial charge on any atom is 0.335 e. The highest BCUT2D eigenvalue weighted by molar-refractivity contribution is 5.97. The van der Waals surface area contributed by atoms with Gasteiger partial charge in [-0.25, -0.2) is 9.59 Å². The van der Waals surface area contributed by atoms with Crippen molar-refractivity contribution in [1.82, 2.24) is 10.6 Å². The lowest BCUT2D eigenvalue weighted by Crippen LogP contribution is -2.29. The van der Waals surface area contributed by atoms with Crippen LogP contribution in [0.4, 0.5) is 22.7 Å². The molecule has 284 valence electrons. The van der Waals surface area contributed by atoms with Crippen LogP contribution in [0.15, 0.2) is 97.1 Å². The van der Waals surface area contributed by atoms with Crippen molar-refractivity contribution in [2.45, 2.75) is 13.8 Å². The lowest BCUT2D eigenvalue weighted by atomic mass is 9.94. The van der Waals surface area contributed by atoms with Crippen LogP contribution in [-0.4, -0.2) is 81.0 Å². The Morgan fingerprint density at radius 2 is 0.704 bits per heavy atom. The predicted octanol–water partition coefficient (Wildman–Crippen LogP) is 2.85. The summed E-state index contributed by atoms with van der Waals surface area (Å²) >= 11 is 0. The molecule has 0 saturated heterocycles. The van der Waals surface area contributed by atoms with Crippen LogP contribution in [0, 0.1) is 0 Å². The van der Waals surface area contributed by atoms with Crippen LogP contribution in [0.2, 0.25) is 0 Å². The van der Waals surface area contributed by atoms with Crippen molar-refractivity contribution in [3.8, 4) is 0 Å². The summed E-state index contributed by atoms with van der Waals surface area (Å²) in [5.74, 6) is -5.36. The first-order valence-corrected chi connectivity index (χ1v) is 15.3. The smallest absolute Gasteiger partial charge is 0.335 e. The Labute approximate surface area is 307 Å². The van der Waals surface area contributed by atoms with Crippen molar-refractivity contribution in [2.75, 3.05) is 35.2 Å². The lowest BCUT2D eigenvalue weighted by molar-refractivity contribution is -0.136. The summed E-state index contributed by atoms with van der Waals surface area (Å²) in [5.41, 5.74) is 14.2. The van der Waals surface area contributed by atoms with E-state index in [1.165, 1.54) is 62.4 Å². The molecule has 0 aromatic heterocycles. The molecule has 0 aliphatic rings. The number of hydrogen-bond acceptors (Lipinski definition) is 10. The quantitative estimate of drug-likeness (QED) is 0.105. The van der Waals surface area contributed by atoms with Crippen molar-refractivity contribution in [3.05, 3.63) is 119 Å². The number of anilines is 4. The van der Waals surface area contributed by atoms with Crippen molar-refractivity contribution in [1.29, 1.82) is 0 Å². The minimum Gasteiger partial charge on any atom is -0.480 e. The zero-order chi connectivity index (χ0) is 40.8. The molecule has 54 heavy (non-hydrogen) atoms. The number of nitrogens with one attached hydrogen (secondary N) is 4. The molecular formula is C36H38N6O12. The molecule has 0 fully saturated rings. The second-order valence-corrected chi connectivity index (χ2v) is 10.5. The molecule has 4 amide bonds. The summed E-state index contributed by atoms with van der Waals surface area (Å²) in [7, 11) is 0. The number of carboxylic acids is 4. The van der Waals surface area contributed by atoms with Crippen molar-refractivity contribution < 1.29 is 58.8 Å². The van der Waals surface area contributed by atoms with Gasteiger partial charge in [0.1, 0.15) is 13.1 Å². The molecule has 0 unspecified atom stereocenters. The fourth-order valence-electron chi connectivity index (χ4n) is 3.58. The van der Waals surface area contributed by atoms with Gasteiger partial charge in [0.05, 0.1) is 11.1 Å². The van der Waals surface area contributed by atoms with Gasteiger partial charge in [-0.05, 0) is 97.1 Å². The van der Waals surface area contributed by atoms with E-state index in [4.69, 9.17) is 31.9 Å². The van der Waals surface area contributed by atoms with Gasteiger partial charge in [-0.1, -0.05) is 0 Å². The molecule has 0 radical (unpaired) electrons. The van der Waals surface area contributed by atoms with Crippen LogP contribution in [0.1, 0.15) is 55.3 Å². The van der Waals surface area contributed by atoms with E-state index in [1.807, 2.05) is 0 Å². The molecule has 4 rings (SSSR count). The fourth-order valence-corrected chi connectivity index (χ4v) is 3.58. The number of nitrogens with two attached hydrogens (primary N) is 2. The third kappa shape index (κ3) is 18.9. The summed E-state index contributed by atoms with van der Waals surface area (Å²) in [6, 6.07) is 24.4. The molecule has 4 aromatic carbocycles. The zero-order valence-electron chi connectivity index (χ0n) is 28.9. The number of hydrogen-bond donors (Lipinski definition) is 10. The van der Waals surface area contributed by atoms with Gasteiger partial charge in [0, 0.05) is 47.7 Å². The van der Waals surface area contributed by atoms with E-state index in [1.54, 1.807) is 48.5 Å². The number of carbonyl (C=O) groups excluding carboxylic acids is 4. The van der Waals surface area contributed by atoms with E-state index >= 15 is 0 Å². The number of benzene rings is 4. The summed E-state index contributed by atoms with van der Waals surface area (Å²) in [6.45, 7) is 1.97. The molecule has 4 aromatic rings. The average Bonchev–Trinajstić information content (AvgIpc) is 3.11. The van der Waals surface area contributed by atoms with Gasteiger partial charge in [0.15, 0.2) is 0 Å². The van der Waals surface area contributed by atoms with Crippen molar-refractivity contribution in [3.63, 3.8) is 0 Å². The zero-order valence-corrected chi connectivity index (χ0v) is 28.9. The van der Waals surface area contributed by atoms with Gasteiger partial charge >= 0.3 is 23.9 Å². The van der Waals surface area contributed by atoms with E-state index in [-0.39, 0.29) is 29.5 Å². The third-order valence-electron chi connectivity index (χ3n) is 6.05. The Balaban J connectivity index is 0.000000366. The second-order valence-electron chi connectivity index (χ2n) is 10.5. The highest BCUT2D eigenvalue weighted by Crippen LogP contribution is 2.10. The molecule has 0 saturated carbocycles. The number of nitrogen functional groups attached to an aromatic ring is 2. The van der Waals surface area contributed by atoms with Crippen molar-refractivity contribution >= 4 is 70.3 Å². The largest absolute Gasteiger partial charge is 0.480 e. The monoisotopic (exact) mass is 742 g/mol. The van der Waals surface area contributed by atoms with Crippen LogP contribution in [0.25, 0.3) is 0 Å². The van der Waals surface area contributed by atoms with E-state index < -0.39 is 42.2 Å². The second kappa shape index (κ2) is 22.9. The van der Waals surface area contributed by atoms with Crippen molar-refractivity contribution in [2.24, 2.45) is 0 Å². The molecular weight excluding hydrogens is 704 g/mol. The highest BCUT2D eigenvalue weighted by Gasteiger charge is 2.08. The fraction of sp³-hybridized carbons (Fsp3) is 0.111. The maximum absolute atomic E-state index is 11.4. The van der Waals surface area contributed by atoms with Crippen LogP contribution in [0.5, 0.6) is 0 Å². The molecule has 0 atom stereocenters. The summed E-state index contributed by atoms with van der Waals surface area (Å²) < 4.78 is 0. The topological polar surface area (TPSA) is 318 Å². The molecule has 0 heterocycles. The molecule has 18 heteroatoms. The number of carboxylic acid groups (broad SMARTS) is 4. The van der Waals surface area contributed by atoms with Crippen LogP contribution in [0.3, 0.4) is 0 Å². The van der Waals surface area contributed by atoms with Crippen LogP contribution >= 0.6 is 0 Å². The van der Waals surface area contributed by atoms with Gasteiger partial charge < -0.3 is 53.2 Å². The minimum atomic E-state index is -1.10. The first kappa shape index (κ1) is 44.3. The van der Waals surface area contributed by atoms with E-state index in [0.29, 0.717) is 33.9 Å². The maximum atomic E-state index is 11.4. The normalized spacial score (nSPS) is 9.37. The third-order valence-corrected chi connectivity index (χ3v) is 6.05. The van der Waals surface area contributed by atoms with E-state index in [0.717, 1.165) is 0 Å². The first-order chi connectivity index (χ1) is 25.4. The van der Waals surface area contributed by atoms with Gasteiger partial charge in [-0.3, -0.25) is 28.8 Å². The molecule has 0 aliphatic heterocycles. The minimum absolute atomic E-state index is 0.178. The van der Waals surface area contributed by atoms with E-state index in [2.05, 4.69) is 21.3 Å². The Morgan fingerprint density at radius 1 is 0.444 bits per heavy atom. The Hall–Kier alpha value is -7.76. The lowest BCUT2D eigenvalue weighted by Gasteiger charge is -2.04. The SMILES string of the molecule is CC(=O)Nc1ccc(C(=O)N[11CH2]C(=O)O)cc1.Nc1ccc(C(=O)N[11CH2]C(=O)O)cc1.Nc1ccc([11C](=O)O)cc1.[11CH3]C(=O)Nc1ccc(C(=O)O)cc1.